The third kappa shape index (κ3) is 3.10. The molecular weight excluding hydrogens is 224 g/mol. The average Bonchev–Trinajstić information content (AvgIpc) is 3.14. The number of hydrogen-bond acceptors (Lipinski definition) is 2. The molecule has 1 aliphatic carbocycles. The van der Waals surface area contributed by atoms with Gasteiger partial charge in [-0.3, -0.25) is 10.1 Å². The summed E-state index contributed by atoms with van der Waals surface area (Å²) in [6.07, 6.45) is 2.46. The molecule has 2 unspecified atom stereocenters. The first kappa shape index (κ1) is 13.1. The lowest BCUT2D eigenvalue weighted by atomic mass is 9.97. The van der Waals surface area contributed by atoms with Gasteiger partial charge < -0.3 is 5.73 Å². The van der Waals surface area contributed by atoms with Gasteiger partial charge in [0.2, 0.25) is 5.91 Å². The Kier molecular flexibility index (Phi) is 4.02. The zero-order valence-corrected chi connectivity index (χ0v) is 11.1. The van der Waals surface area contributed by atoms with Crippen LogP contribution in [0.4, 0.5) is 0 Å². The summed E-state index contributed by atoms with van der Waals surface area (Å²) < 4.78 is 0. The van der Waals surface area contributed by atoms with Crippen LogP contribution in [0.1, 0.15) is 38.3 Å². The molecule has 1 aromatic carbocycles. The van der Waals surface area contributed by atoms with Crippen LogP contribution in [0, 0.1) is 11.8 Å². The second-order valence-corrected chi connectivity index (χ2v) is 5.52. The third-order valence-electron chi connectivity index (χ3n) is 3.58. The standard InChI is InChI=1S/C15H22N2O/c1-10(2)13(15(16)18)17-14(12-8-9-12)11-6-4-3-5-7-11/h3-7,10,12-14,17H,8-9H2,1-2H3,(H2,16,18). The summed E-state index contributed by atoms with van der Waals surface area (Å²) in [6.45, 7) is 4.05. The number of hydrogen-bond donors (Lipinski definition) is 2. The fourth-order valence-corrected chi connectivity index (χ4v) is 2.39. The molecule has 2 rings (SSSR count). The lowest BCUT2D eigenvalue weighted by Crippen LogP contribution is -2.47. The van der Waals surface area contributed by atoms with Crippen molar-refractivity contribution < 1.29 is 4.79 Å². The quantitative estimate of drug-likeness (QED) is 0.808. The minimum atomic E-state index is -0.258. The molecule has 1 aromatic rings. The normalized spacial score (nSPS) is 18.6. The molecule has 3 heteroatoms. The van der Waals surface area contributed by atoms with Crippen molar-refractivity contribution in [3.8, 4) is 0 Å². The number of benzene rings is 1. The number of carbonyl (C=O) groups is 1. The van der Waals surface area contributed by atoms with Crippen LogP contribution in [0.15, 0.2) is 30.3 Å². The Labute approximate surface area is 109 Å². The molecule has 1 aliphatic rings. The zero-order chi connectivity index (χ0) is 13.1. The molecule has 3 nitrogen and oxygen atoms in total. The molecular formula is C15H22N2O. The van der Waals surface area contributed by atoms with E-state index in [1.165, 1.54) is 18.4 Å². The van der Waals surface area contributed by atoms with Crippen molar-refractivity contribution in [3.63, 3.8) is 0 Å². The van der Waals surface area contributed by atoms with E-state index >= 15 is 0 Å². The molecule has 0 radical (unpaired) electrons. The highest BCUT2D eigenvalue weighted by molar-refractivity contribution is 5.80. The summed E-state index contributed by atoms with van der Waals surface area (Å²) >= 11 is 0. The van der Waals surface area contributed by atoms with Gasteiger partial charge in [0.25, 0.3) is 0 Å². The highest BCUT2D eigenvalue weighted by Crippen LogP contribution is 2.41. The largest absolute Gasteiger partial charge is 0.368 e. The van der Waals surface area contributed by atoms with E-state index in [4.69, 9.17) is 5.73 Å². The van der Waals surface area contributed by atoms with Crippen LogP contribution in [-0.4, -0.2) is 11.9 Å². The van der Waals surface area contributed by atoms with E-state index in [2.05, 4.69) is 17.4 Å². The van der Waals surface area contributed by atoms with E-state index in [9.17, 15) is 4.79 Å². The molecule has 98 valence electrons. The number of carbonyl (C=O) groups excluding carboxylic acids is 1. The number of amides is 1. The van der Waals surface area contributed by atoms with Crippen molar-refractivity contribution in [2.75, 3.05) is 0 Å². The molecule has 1 fully saturated rings. The van der Waals surface area contributed by atoms with Gasteiger partial charge >= 0.3 is 0 Å². The maximum absolute atomic E-state index is 11.5. The Morgan fingerprint density at radius 2 is 1.89 bits per heavy atom. The molecule has 1 amide bonds. The Morgan fingerprint density at radius 3 is 2.33 bits per heavy atom. The lowest BCUT2D eigenvalue weighted by Gasteiger charge is -2.26. The molecule has 3 N–H and O–H groups in total. The van der Waals surface area contributed by atoms with Gasteiger partial charge in [0.15, 0.2) is 0 Å². The topological polar surface area (TPSA) is 55.1 Å². The maximum Gasteiger partial charge on any atom is 0.234 e. The van der Waals surface area contributed by atoms with Crippen LogP contribution >= 0.6 is 0 Å². The van der Waals surface area contributed by atoms with Crippen molar-refractivity contribution >= 4 is 5.91 Å². The van der Waals surface area contributed by atoms with Crippen molar-refractivity contribution in [1.29, 1.82) is 0 Å². The Bertz CT molecular complexity index is 398. The Morgan fingerprint density at radius 1 is 1.28 bits per heavy atom. The van der Waals surface area contributed by atoms with Crippen molar-refractivity contribution in [1.82, 2.24) is 5.32 Å². The van der Waals surface area contributed by atoms with E-state index in [0.29, 0.717) is 5.92 Å². The molecule has 0 saturated heterocycles. The van der Waals surface area contributed by atoms with Crippen LogP contribution in [0.3, 0.4) is 0 Å². The first-order valence-electron chi connectivity index (χ1n) is 6.70. The summed E-state index contributed by atoms with van der Waals surface area (Å²) in [5.74, 6) is 0.604. The Hall–Kier alpha value is -1.35. The number of rotatable bonds is 6. The van der Waals surface area contributed by atoms with Crippen LogP contribution in [0.2, 0.25) is 0 Å². The molecule has 0 bridgehead atoms. The summed E-state index contributed by atoms with van der Waals surface area (Å²) in [4.78, 5) is 11.5. The molecule has 2 atom stereocenters. The minimum Gasteiger partial charge on any atom is -0.368 e. The fourth-order valence-electron chi connectivity index (χ4n) is 2.39. The smallest absolute Gasteiger partial charge is 0.234 e. The van der Waals surface area contributed by atoms with Gasteiger partial charge in [-0.15, -0.1) is 0 Å². The van der Waals surface area contributed by atoms with Crippen molar-refractivity contribution in [2.24, 2.45) is 17.6 Å². The van der Waals surface area contributed by atoms with Gasteiger partial charge in [-0.1, -0.05) is 44.2 Å². The highest BCUT2D eigenvalue weighted by atomic mass is 16.1. The zero-order valence-electron chi connectivity index (χ0n) is 11.1. The second kappa shape index (κ2) is 5.53. The summed E-state index contributed by atoms with van der Waals surface area (Å²) in [7, 11) is 0. The van der Waals surface area contributed by atoms with E-state index in [1.807, 2.05) is 32.0 Å². The predicted octanol–water partition coefficient (Wildman–Crippen LogP) is 2.24. The summed E-state index contributed by atoms with van der Waals surface area (Å²) in [5, 5.41) is 3.46. The second-order valence-electron chi connectivity index (χ2n) is 5.52. The number of nitrogens with one attached hydrogen (secondary N) is 1. The minimum absolute atomic E-state index is 0.215. The molecule has 18 heavy (non-hydrogen) atoms. The summed E-state index contributed by atoms with van der Waals surface area (Å²) in [5.41, 5.74) is 6.74. The van der Waals surface area contributed by atoms with Crippen LogP contribution in [0.25, 0.3) is 0 Å². The van der Waals surface area contributed by atoms with E-state index < -0.39 is 0 Å². The van der Waals surface area contributed by atoms with Gasteiger partial charge in [0.1, 0.15) is 0 Å². The van der Waals surface area contributed by atoms with Crippen molar-refractivity contribution in [2.45, 2.75) is 38.8 Å². The molecule has 0 heterocycles. The fraction of sp³-hybridized carbons (Fsp3) is 0.533. The Balaban J connectivity index is 2.14. The van der Waals surface area contributed by atoms with Gasteiger partial charge in [0.05, 0.1) is 6.04 Å². The molecule has 0 spiro atoms. The third-order valence-corrected chi connectivity index (χ3v) is 3.58. The van der Waals surface area contributed by atoms with Gasteiger partial charge in [-0.05, 0) is 30.2 Å². The van der Waals surface area contributed by atoms with E-state index in [0.717, 1.165) is 0 Å². The van der Waals surface area contributed by atoms with Gasteiger partial charge in [-0.2, -0.15) is 0 Å². The van der Waals surface area contributed by atoms with Gasteiger partial charge in [-0.25, -0.2) is 0 Å². The van der Waals surface area contributed by atoms with Crippen LogP contribution in [0.5, 0.6) is 0 Å². The first-order valence-corrected chi connectivity index (χ1v) is 6.70. The highest BCUT2D eigenvalue weighted by Gasteiger charge is 2.35. The predicted molar refractivity (Wildman–Crippen MR) is 72.9 cm³/mol. The van der Waals surface area contributed by atoms with Gasteiger partial charge in [0, 0.05) is 6.04 Å². The summed E-state index contributed by atoms with van der Waals surface area (Å²) in [6, 6.07) is 10.3. The molecule has 1 saturated carbocycles. The number of nitrogens with two attached hydrogens (primary N) is 1. The lowest BCUT2D eigenvalue weighted by molar-refractivity contribution is -0.121. The number of primary amides is 1. The SMILES string of the molecule is CC(C)C(NC(c1ccccc1)C1CC1)C(N)=O. The van der Waals surface area contributed by atoms with Crippen LogP contribution in [-0.2, 0) is 4.79 Å². The maximum atomic E-state index is 11.5. The molecule has 0 aromatic heterocycles. The van der Waals surface area contributed by atoms with Crippen molar-refractivity contribution in [3.05, 3.63) is 35.9 Å². The average molecular weight is 246 g/mol. The van der Waals surface area contributed by atoms with E-state index in [-0.39, 0.29) is 23.9 Å². The first-order chi connectivity index (χ1) is 8.59. The van der Waals surface area contributed by atoms with Crippen LogP contribution < -0.4 is 11.1 Å². The monoisotopic (exact) mass is 246 g/mol. The van der Waals surface area contributed by atoms with E-state index in [1.54, 1.807) is 0 Å². The molecule has 0 aliphatic heterocycles.